The molecule has 0 saturated carbocycles. The number of nitriles is 1. The number of nitrogens with one attached hydrogen (secondary N) is 1. The lowest BCUT2D eigenvalue weighted by Gasteiger charge is -2.35. The fourth-order valence-corrected chi connectivity index (χ4v) is 3.59. The van der Waals surface area contributed by atoms with Crippen molar-refractivity contribution in [3.63, 3.8) is 0 Å². The van der Waals surface area contributed by atoms with Crippen molar-refractivity contribution in [2.75, 3.05) is 62.7 Å². The molecule has 0 radical (unpaired) electrons. The minimum atomic E-state index is -0.374. The summed E-state index contributed by atoms with van der Waals surface area (Å²) < 4.78 is 14.2. The monoisotopic (exact) mass is 409 g/mol. The predicted octanol–water partition coefficient (Wildman–Crippen LogP) is 2.46. The lowest BCUT2D eigenvalue weighted by atomic mass is 10.2. The lowest BCUT2D eigenvalue weighted by Crippen LogP contribution is -2.49. The molecule has 158 valence electrons. The topological polar surface area (TPSA) is 62.6 Å². The zero-order valence-electron chi connectivity index (χ0n) is 17.4. The summed E-state index contributed by atoms with van der Waals surface area (Å²) in [5.41, 5.74) is 2.00. The maximum atomic E-state index is 14.2. The van der Waals surface area contributed by atoms with Crippen molar-refractivity contribution in [2.24, 2.45) is 0 Å². The van der Waals surface area contributed by atoms with Gasteiger partial charge in [0.1, 0.15) is 5.82 Å². The van der Waals surface area contributed by atoms with E-state index < -0.39 is 0 Å². The van der Waals surface area contributed by atoms with Gasteiger partial charge in [0.15, 0.2) is 0 Å². The lowest BCUT2D eigenvalue weighted by molar-refractivity contribution is -0.122. The molecule has 1 amide bonds. The Balaban J connectivity index is 1.35. The van der Waals surface area contributed by atoms with E-state index in [4.69, 9.17) is 5.26 Å². The zero-order chi connectivity index (χ0) is 21.3. The molecule has 7 heteroatoms. The number of amides is 1. The molecule has 0 unspecified atom stereocenters. The zero-order valence-corrected chi connectivity index (χ0v) is 17.4. The molecule has 3 rings (SSSR count). The molecule has 1 saturated heterocycles. The molecule has 0 atom stereocenters. The molecule has 1 heterocycles. The van der Waals surface area contributed by atoms with Gasteiger partial charge in [0.25, 0.3) is 0 Å². The summed E-state index contributed by atoms with van der Waals surface area (Å²) in [4.78, 5) is 18.5. The smallest absolute Gasteiger partial charge is 0.234 e. The highest BCUT2D eigenvalue weighted by Crippen LogP contribution is 2.21. The van der Waals surface area contributed by atoms with E-state index in [0.717, 1.165) is 13.0 Å². The van der Waals surface area contributed by atoms with Crippen LogP contribution in [-0.2, 0) is 4.79 Å². The molecular formula is C23H28FN5O. The van der Waals surface area contributed by atoms with Crippen LogP contribution in [-0.4, -0.2) is 63.7 Å². The minimum Gasteiger partial charge on any atom is -0.375 e. The highest BCUT2D eigenvalue weighted by Gasteiger charge is 2.21. The molecule has 1 fully saturated rings. The second kappa shape index (κ2) is 10.6. The number of nitrogens with zero attached hydrogens (tertiary/aromatic N) is 4. The summed E-state index contributed by atoms with van der Waals surface area (Å²) >= 11 is 0. The van der Waals surface area contributed by atoms with Crippen LogP contribution >= 0.6 is 0 Å². The summed E-state index contributed by atoms with van der Waals surface area (Å²) in [6, 6.07) is 16.7. The van der Waals surface area contributed by atoms with E-state index in [0.29, 0.717) is 50.5 Å². The van der Waals surface area contributed by atoms with E-state index in [1.54, 1.807) is 12.1 Å². The van der Waals surface area contributed by atoms with Crippen LogP contribution in [0.1, 0.15) is 12.0 Å². The van der Waals surface area contributed by atoms with Crippen LogP contribution in [0.4, 0.5) is 15.8 Å². The van der Waals surface area contributed by atoms with Gasteiger partial charge in [-0.15, -0.1) is 0 Å². The number of carbonyl (C=O) groups is 1. The van der Waals surface area contributed by atoms with E-state index in [1.807, 2.05) is 36.2 Å². The van der Waals surface area contributed by atoms with E-state index in [1.165, 1.54) is 11.8 Å². The van der Waals surface area contributed by atoms with Gasteiger partial charge in [-0.25, -0.2) is 4.39 Å². The molecule has 1 aliphatic rings. The Hall–Kier alpha value is -3.11. The minimum absolute atomic E-state index is 0.0235. The number of hydrogen-bond donors (Lipinski definition) is 1. The Morgan fingerprint density at radius 1 is 1.17 bits per heavy atom. The van der Waals surface area contributed by atoms with Gasteiger partial charge >= 0.3 is 0 Å². The summed E-state index contributed by atoms with van der Waals surface area (Å²) in [5, 5.41) is 11.9. The molecule has 1 N–H and O–H groups in total. The average molecular weight is 410 g/mol. The Kier molecular flexibility index (Phi) is 7.63. The van der Waals surface area contributed by atoms with Gasteiger partial charge in [0, 0.05) is 52.0 Å². The quantitative estimate of drug-likeness (QED) is 0.679. The van der Waals surface area contributed by atoms with Gasteiger partial charge < -0.3 is 15.1 Å². The van der Waals surface area contributed by atoms with Crippen LogP contribution in [0.3, 0.4) is 0 Å². The van der Waals surface area contributed by atoms with Crippen LogP contribution in [0.2, 0.25) is 0 Å². The molecular weight excluding hydrogens is 381 g/mol. The number of para-hydroxylation sites is 1. The average Bonchev–Trinajstić information content (AvgIpc) is 2.77. The van der Waals surface area contributed by atoms with Crippen molar-refractivity contribution >= 4 is 17.3 Å². The van der Waals surface area contributed by atoms with Gasteiger partial charge in [-0.05, 0) is 36.8 Å². The van der Waals surface area contributed by atoms with Crippen molar-refractivity contribution < 1.29 is 9.18 Å². The van der Waals surface area contributed by atoms with Gasteiger partial charge in [0.2, 0.25) is 5.91 Å². The Morgan fingerprint density at radius 2 is 1.90 bits per heavy atom. The molecule has 0 aromatic heterocycles. The van der Waals surface area contributed by atoms with Crippen LogP contribution in [0.15, 0.2) is 48.5 Å². The molecule has 30 heavy (non-hydrogen) atoms. The largest absolute Gasteiger partial charge is 0.375 e. The second-order valence-corrected chi connectivity index (χ2v) is 7.50. The highest BCUT2D eigenvalue weighted by atomic mass is 19.1. The first-order valence-corrected chi connectivity index (χ1v) is 10.3. The van der Waals surface area contributed by atoms with Crippen molar-refractivity contribution in [2.45, 2.75) is 6.42 Å². The van der Waals surface area contributed by atoms with Crippen molar-refractivity contribution in [3.8, 4) is 6.07 Å². The van der Waals surface area contributed by atoms with Gasteiger partial charge in [-0.1, -0.05) is 18.2 Å². The van der Waals surface area contributed by atoms with Crippen LogP contribution in [0, 0.1) is 17.1 Å². The van der Waals surface area contributed by atoms with E-state index in [-0.39, 0.29) is 11.7 Å². The summed E-state index contributed by atoms with van der Waals surface area (Å²) in [7, 11) is 2.05. The van der Waals surface area contributed by atoms with E-state index in [9.17, 15) is 9.18 Å². The van der Waals surface area contributed by atoms with Crippen LogP contribution in [0.25, 0.3) is 0 Å². The van der Waals surface area contributed by atoms with Crippen molar-refractivity contribution in [3.05, 3.63) is 59.9 Å². The Bertz CT molecular complexity index is 875. The normalized spacial score (nSPS) is 14.2. The molecule has 0 bridgehead atoms. The molecule has 0 spiro atoms. The maximum absolute atomic E-state index is 14.2. The Morgan fingerprint density at radius 3 is 2.57 bits per heavy atom. The second-order valence-electron chi connectivity index (χ2n) is 7.50. The molecule has 1 aliphatic heterocycles. The number of rotatable bonds is 8. The summed E-state index contributed by atoms with van der Waals surface area (Å²) in [5.74, 6) is -0.351. The summed E-state index contributed by atoms with van der Waals surface area (Å²) in [6.07, 6.45) is 0.878. The van der Waals surface area contributed by atoms with Gasteiger partial charge in [0.05, 0.1) is 23.9 Å². The van der Waals surface area contributed by atoms with Crippen molar-refractivity contribution in [1.29, 1.82) is 5.26 Å². The third-order valence-corrected chi connectivity index (χ3v) is 5.35. The van der Waals surface area contributed by atoms with Crippen LogP contribution < -0.4 is 15.1 Å². The highest BCUT2D eigenvalue weighted by molar-refractivity contribution is 5.78. The standard InChI is InChI=1S/C23H28FN5O/c1-27(20-6-3-2-4-7-20)11-5-10-26-23(30)18-28-12-14-29(15-13-28)22-9-8-19(17-25)16-21(22)24/h2-4,6-9,16H,5,10-15,18H2,1H3,(H,26,30). The third-order valence-electron chi connectivity index (χ3n) is 5.35. The molecule has 6 nitrogen and oxygen atoms in total. The fourth-order valence-electron chi connectivity index (χ4n) is 3.59. The number of hydrogen-bond acceptors (Lipinski definition) is 5. The number of piperazine rings is 1. The predicted molar refractivity (Wildman–Crippen MR) is 117 cm³/mol. The van der Waals surface area contributed by atoms with Gasteiger partial charge in [-0.2, -0.15) is 5.26 Å². The fraction of sp³-hybridized carbons (Fsp3) is 0.391. The van der Waals surface area contributed by atoms with Crippen LogP contribution in [0.5, 0.6) is 0 Å². The number of benzene rings is 2. The first kappa shape index (κ1) is 21.6. The van der Waals surface area contributed by atoms with Crippen molar-refractivity contribution in [1.82, 2.24) is 10.2 Å². The Labute approximate surface area is 177 Å². The molecule has 2 aromatic carbocycles. The number of anilines is 2. The van der Waals surface area contributed by atoms with E-state index in [2.05, 4.69) is 27.2 Å². The summed E-state index contributed by atoms with van der Waals surface area (Å²) in [6.45, 7) is 4.58. The first-order valence-electron chi connectivity index (χ1n) is 10.3. The SMILES string of the molecule is CN(CCCNC(=O)CN1CCN(c2ccc(C#N)cc2F)CC1)c1ccccc1. The molecule has 2 aromatic rings. The molecule has 0 aliphatic carbocycles. The maximum Gasteiger partial charge on any atom is 0.234 e. The first-order chi connectivity index (χ1) is 14.6. The number of halogens is 1. The van der Waals surface area contributed by atoms with E-state index >= 15 is 0 Å². The third kappa shape index (κ3) is 5.94. The number of carbonyl (C=O) groups excluding carboxylic acids is 1. The van der Waals surface area contributed by atoms with Gasteiger partial charge in [-0.3, -0.25) is 9.69 Å².